The normalized spacial score (nSPS) is 30.6. The van der Waals surface area contributed by atoms with Crippen LogP contribution in [0.5, 0.6) is 0 Å². The van der Waals surface area contributed by atoms with E-state index >= 15 is 4.39 Å². The molecule has 3 aliphatic heterocycles. The van der Waals surface area contributed by atoms with E-state index in [2.05, 4.69) is 55.8 Å². The number of ether oxygens (including phenoxy) is 2. The number of aliphatic carboxylic acids is 1. The number of aliphatic imine (C=N–C) groups is 1. The molecule has 7 heteroatoms. The van der Waals surface area contributed by atoms with Crippen LogP contribution in [0.15, 0.2) is 75.9 Å². The van der Waals surface area contributed by atoms with Crippen LogP contribution >= 0.6 is 0 Å². The number of fused-ring (bicyclic) bond motifs is 2. The Morgan fingerprint density at radius 3 is 2.57 bits per heavy atom. The summed E-state index contributed by atoms with van der Waals surface area (Å²) in [5.74, 6) is -0.650. The summed E-state index contributed by atoms with van der Waals surface area (Å²) < 4.78 is 27.9. The van der Waals surface area contributed by atoms with E-state index in [1.807, 2.05) is 27.7 Å². The first-order chi connectivity index (χ1) is 21.8. The van der Waals surface area contributed by atoms with E-state index in [0.29, 0.717) is 24.2 Å². The number of hydrogen-bond donors (Lipinski definition) is 1. The van der Waals surface area contributed by atoms with E-state index in [1.54, 1.807) is 0 Å². The fourth-order valence-electron chi connectivity index (χ4n) is 8.74. The zero-order chi connectivity index (χ0) is 32.9. The average Bonchev–Trinajstić information content (AvgIpc) is 3.44. The number of carbonyl (C=O) groups is 1. The SMILES string of the molecule is C=C(C1=CN2C(C1)N=C(C)C(C(OC(C)(C)C)C(=O)O)C2C1CC(F)=C2OCCCC2=C1C)C1CCC(c2cccc(C)c2)CC1. The second-order valence-electron chi connectivity index (χ2n) is 15.2. The molecular formula is C39H51FN2O4. The highest BCUT2D eigenvalue weighted by atomic mass is 19.1. The van der Waals surface area contributed by atoms with Gasteiger partial charge in [0.15, 0.2) is 11.9 Å². The molecule has 46 heavy (non-hydrogen) atoms. The third-order valence-electron chi connectivity index (χ3n) is 11.0. The van der Waals surface area contributed by atoms with Crippen molar-refractivity contribution in [2.45, 2.75) is 123 Å². The molecular weight excluding hydrogens is 579 g/mol. The van der Waals surface area contributed by atoms with E-state index in [0.717, 1.165) is 61.8 Å². The monoisotopic (exact) mass is 630 g/mol. The largest absolute Gasteiger partial charge is 0.491 e. The molecule has 1 saturated carbocycles. The summed E-state index contributed by atoms with van der Waals surface area (Å²) >= 11 is 0. The van der Waals surface area contributed by atoms with Crippen LogP contribution in [-0.4, -0.2) is 52.2 Å². The first kappa shape index (κ1) is 32.7. The summed E-state index contributed by atoms with van der Waals surface area (Å²) in [6.45, 7) is 17.0. The Morgan fingerprint density at radius 2 is 1.89 bits per heavy atom. The fourth-order valence-corrected chi connectivity index (χ4v) is 8.74. The lowest BCUT2D eigenvalue weighted by molar-refractivity contribution is -0.166. The smallest absolute Gasteiger partial charge is 0.333 e. The lowest BCUT2D eigenvalue weighted by atomic mass is 9.71. The van der Waals surface area contributed by atoms with Gasteiger partial charge in [-0.15, -0.1) is 0 Å². The lowest BCUT2D eigenvalue weighted by Gasteiger charge is -2.49. The van der Waals surface area contributed by atoms with Gasteiger partial charge in [-0.2, -0.15) is 0 Å². The van der Waals surface area contributed by atoms with Crippen molar-refractivity contribution in [1.29, 1.82) is 0 Å². The van der Waals surface area contributed by atoms with Gasteiger partial charge in [-0.1, -0.05) is 42.0 Å². The number of carboxylic acids is 1. The van der Waals surface area contributed by atoms with Crippen molar-refractivity contribution < 1.29 is 23.8 Å². The standard InChI is InChI=1S/C39H51FN2O4/c1-22-10-8-11-28(18-22)27-15-13-26(14-16-27)23(2)29-19-33-41-25(4)34(37(38(43)44)46-39(5,6)7)35(42(33)21-29)31-20-32(40)36-30(24(31)3)12-9-17-45-36/h8,10-11,18,21,26-27,31,33-35,37H,2,9,12-17,19-20H2,1,3-7H3,(H,43,44). The van der Waals surface area contributed by atoms with Crippen LogP contribution < -0.4 is 0 Å². The van der Waals surface area contributed by atoms with Gasteiger partial charge in [-0.3, -0.25) is 4.99 Å². The van der Waals surface area contributed by atoms with Gasteiger partial charge in [0.1, 0.15) is 12.0 Å². The quantitative estimate of drug-likeness (QED) is 0.326. The number of nitrogens with zero attached hydrogens (tertiary/aromatic N) is 2. The summed E-state index contributed by atoms with van der Waals surface area (Å²) in [6.07, 6.45) is 7.89. The van der Waals surface area contributed by atoms with Gasteiger partial charge in [0.2, 0.25) is 0 Å². The molecule has 5 unspecified atom stereocenters. The van der Waals surface area contributed by atoms with Crippen LogP contribution in [0.2, 0.25) is 0 Å². The minimum absolute atomic E-state index is 0.172. The van der Waals surface area contributed by atoms with Crippen molar-refractivity contribution in [1.82, 2.24) is 4.90 Å². The third-order valence-corrected chi connectivity index (χ3v) is 11.0. The van der Waals surface area contributed by atoms with E-state index in [-0.39, 0.29) is 30.4 Å². The third kappa shape index (κ3) is 6.36. The van der Waals surface area contributed by atoms with Crippen molar-refractivity contribution in [3.05, 3.63) is 82.0 Å². The van der Waals surface area contributed by atoms with Crippen molar-refractivity contribution in [3.63, 3.8) is 0 Å². The van der Waals surface area contributed by atoms with E-state index in [1.165, 1.54) is 22.3 Å². The minimum Gasteiger partial charge on any atom is -0.491 e. The number of allylic oxidation sites excluding steroid dienone is 3. The number of aryl methyl sites for hydroxylation is 1. The molecule has 0 spiro atoms. The molecule has 2 aliphatic carbocycles. The second-order valence-corrected chi connectivity index (χ2v) is 15.2. The van der Waals surface area contributed by atoms with Gasteiger partial charge in [-0.25, -0.2) is 9.18 Å². The molecule has 0 amide bonds. The predicted molar refractivity (Wildman–Crippen MR) is 180 cm³/mol. The first-order valence-electron chi connectivity index (χ1n) is 17.2. The molecule has 5 atom stereocenters. The van der Waals surface area contributed by atoms with E-state index in [9.17, 15) is 9.90 Å². The van der Waals surface area contributed by atoms with Gasteiger partial charge in [0.25, 0.3) is 0 Å². The zero-order valence-electron chi connectivity index (χ0n) is 28.4. The van der Waals surface area contributed by atoms with Gasteiger partial charge < -0.3 is 19.5 Å². The molecule has 3 heterocycles. The molecule has 2 fully saturated rings. The summed E-state index contributed by atoms with van der Waals surface area (Å²) in [4.78, 5) is 20.3. The maximum atomic E-state index is 15.8. The Labute approximate surface area is 274 Å². The number of halogens is 1. The topological polar surface area (TPSA) is 71.4 Å². The van der Waals surface area contributed by atoms with Gasteiger partial charge in [0.05, 0.1) is 18.1 Å². The maximum absolute atomic E-state index is 15.8. The van der Waals surface area contributed by atoms with Crippen LogP contribution in [0.1, 0.15) is 103 Å². The summed E-state index contributed by atoms with van der Waals surface area (Å²) in [6, 6.07) is 8.57. The summed E-state index contributed by atoms with van der Waals surface area (Å²) in [5, 5.41) is 10.6. The molecule has 248 valence electrons. The maximum Gasteiger partial charge on any atom is 0.333 e. The van der Waals surface area contributed by atoms with Crippen molar-refractivity contribution in [2.75, 3.05) is 6.61 Å². The summed E-state index contributed by atoms with van der Waals surface area (Å²) in [7, 11) is 0. The molecule has 1 aromatic carbocycles. The van der Waals surface area contributed by atoms with Gasteiger partial charge >= 0.3 is 5.97 Å². The number of rotatable bonds is 7. The molecule has 0 bridgehead atoms. The Balaban J connectivity index is 1.32. The molecule has 1 aromatic rings. The van der Waals surface area contributed by atoms with Crippen molar-refractivity contribution >= 4 is 11.7 Å². The van der Waals surface area contributed by atoms with Crippen LogP contribution in [0.3, 0.4) is 0 Å². The molecule has 5 aliphatic rings. The summed E-state index contributed by atoms with van der Waals surface area (Å²) in [5.41, 5.74) is 7.22. The van der Waals surface area contributed by atoms with Gasteiger partial charge in [-0.05, 0) is 114 Å². The van der Waals surface area contributed by atoms with Crippen LogP contribution in [0, 0.1) is 24.7 Å². The Morgan fingerprint density at radius 1 is 1.15 bits per heavy atom. The van der Waals surface area contributed by atoms with Crippen molar-refractivity contribution in [3.8, 4) is 0 Å². The fraction of sp³-hybridized carbons (Fsp3) is 0.590. The van der Waals surface area contributed by atoms with Gasteiger partial charge in [0, 0.05) is 36.7 Å². The number of hydrogen-bond acceptors (Lipinski definition) is 5. The highest BCUT2D eigenvalue weighted by Crippen LogP contribution is 2.49. The molecule has 1 N–H and O–H groups in total. The lowest BCUT2D eigenvalue weighted by Crippen LogP contribution is -2.58. The van der Waals surface area contributed by atoms with E-state index in [4.69, 9.17) is 14.5 Å². The van der Waals surface area contributed by atoms with Crippen LogP contribution in [0.4, 0.5) is 4.39 Å². The first-order valence-corrected chi connectivity index (χ1v) is 17.2. The number of carboxylic acid groups (broad SMARTS) is 1. The van der Waals surface area contributed by atoms with Crippen LogP contribution in [0.25, 0.3) is 0 Å². The van der Waals surface area contributed by atoms with Crippen molar-refractivity contribution in [2.24, 2.45) is 22.7 Å². The minimum atomic E-state index is -1.12. The second kappa shape index (κ2) is 12.8. The molecule has 1 saturated heterocycles. The molecule has 6 nitrogen and oxygen atoms in total. The Hall–Kier alpha value is -3.19. The van der Waals surface area contributed by atoms with Crippen LogP contribution in [-0.2, 0) is 14.3 Å². The zero-order valence-corrected chi connectivity index (χ0v) is 28.4. The predicted octanol–water partition coefficient (Wildman–Crippen LogP) is 8.80. The Bertz CT molecular complexity index is 1510. The highest BCUT2D eigenvalue weighted by Gasteiger charge is 2.52. The number of benzene rings is 1. The Kier molecular flexibility index (Phi) is 9.10. The van der Waals surface area contributed by atoms with E-state index < -0.39 is 23.6 Å². The molecule has 0 aromatic heterocycles. The highest BCUT2D eigenvalue weighted by molar-refractivity contribution is 5.91. The average molecular weight is 631 g/mol. The molecule has 0 radical (unpaired) electrons. The molecule has 6 rings (SSSR count).